The van der Waals surface area contributed by atoms with Crippen LogP contribution in [0.4, 0.5) is 18.9 Å². The molecular formula is C18H13F3N2O6S. The fourth-order valence-electron chi connectivity index (χ4n) is 2.72. The van der Waals surface area contributed by atoms with E-state index in [9.17, 15) is 31.5 Å². The number of nitrogens with one attached hydrogen (secondary N) is 1. The van der Waals surface area contributed by atoms with Crippen LogP contribution >= 0.6 is 0 Å². The molecule has 0 amide bonds. The van der Waals surface area contributed by atoms with Gasteiger partial charge >= 0.3 is 12.6 Å². The zero-order valence-electron chi connectivity index (χ0n) is 15.1. The molecule has 3 aromatic rings. The topological polar surface area (TPSA) is 115 Å². The van der Waals surface area contributed by atoms with Crippen molar-refractivity contribution >= 4 is 32.6 Å². The first kappa shape index (κ1) is 21.2. The summed E-state index contributed by atoms with van der Waals surface area (Å²) in [5.41, 5.74) is -1.33. The highest BCUT2D eigenvalue weighted by Crippen LogP contribution is 2.36. The molecule has 0 aliphatic rings. The van der Waals surface area contributed by atoms with Crippen molar-refractivity contribution in [3.05, 3.63) is 54.0 Å². The molecule has 0 radical (unpaired) electrons. The van der Waals surface area contributed by atoms with Crippen LogP contribution in [-0.2, 0) is 10.0 Å². The molecule has 0 saturated carbocycles. The van der Waals surface area contributed by atoms with Gasteiger partial charge in [-0.25, -0.2) is 17.6 Å². The first-order valence-electron chi connectivity index (χ1n) is 8.10. The van der Waals surface area contributed by atoms with Gasteiger partial charge in [0.25, 0.3) is 10.0 Å². The molecule has 30 heavy (non-hydrogen) atoms. The SMILES string of the molecule is COc1cc(NS(=O)(=O)c2ccc(F)c3ncccc23)c(C(=O)O)cc1OC(F)F. The normalized spacial score (nSPS) is 11.5. The minimum Gasteiger partial charge on any atom is -0.493 e. The molecule has 0 aliphatic heterocycles. The lowest BCUT2D eigenvalue weighted by atomic mass is 10.1. The Labute approximate surface area is 167 Å². The third kappa shape index (κ3) is 4.08. The standard InChI is InChI=1S/C18H13F3N2O6S/c1-28-13-8-12(10(17(24)25)7-14(13)29-18(20)21)23-30(26,27)15-5-4-11(19)16-9(15)3-2-6-22-16/h2-8,18,23H,1H3,(H,24,25). The smallest absolute Gasteiger partial charge is 0.387 e. The first-order valence-corrected chi connectivity index (χ1v) is 9.58. The van der Waals surface area contributed by atoms with E-state index in [1.165, 1.54) is 18.3 Å². The largest absolute Gasteiger partial charge is 0.493 e. The Hall–Kier alpha value is -3.54. The van der Waals surface area contributed by atoms with Crippen LogP contribution in [0.15, 0.2) is 47.5 Å². The summed E-state index contributed by atoms with van der Waals surface area (Å²) in [6.45, 7) is -3.26. The number of nitrogens with zero attached hydrogens (tertiary/aromatic N) is 1. The van der Waals surface area contributed by atoms with E-state index >= 15 is 0 Å². The fraction of sp³-hybridized carbons (Fsp3) is 0.111. The van der Waals surface area contributed by atoms with E-state index < -0.39 is 45.4 Å². The van der Waals surface area contributed by atoms with Gasteiger partial charge in [0.2, 0.25) is 0 Å². The molecule has 3 rings (SSSR count). The number of ether oxygens (including phenoxy) is 2. The van der Waals surface area contributed by atoms with Crippen molar-refractivity contribution in [1.82, 2.24) is 4.98 Å². The molecule has 2 aromatic carbocycles. The highest BCUT2D eigenvalue weighted by atomic mass is 32.2. The average molecular weight is 442 g/mol. The van der Waals surface area contributed by atoms with E-state index in [0.717, 1.165) is 25.3 Å². The number of sulfonamides is 1. The number of halogens is 3. The molecule has 158 valence electrons. The molecule has 0 aliphatic carbocycles. The second-order valence-corrected chi connectivity index (χ2v) is 7.43. The number of carboxylic acid groups (broad SMARTS) is 1. The Morgan fingerprint density at radius 1 is 1.20 bits per heavy atom. The van der Waals surface area contributed by atoms with Gasteiger partial charge in [-0.2, -0.15) is 8.78 Å². The van der Waals surface area contributed by atoms with Gasteiger partial charge in [-0.05, 0) is 24.3 Å². The first-order chi connectivity index (χ1) is 14.1. The lowest BCUT2D eigenvalue weighted by molar-refractivity contribution is -0.0512. The third-order valence-electron chi connectivity index (χ3n) is 3.96. The summed E-state index contributed by atoms with van der Waals surface area (Å²) in [4.78, 5) is 15.0. The molecule has 0 bridgehead atoms. The Morgan fingerprint density at radius 3 is 2.57 bits per heavy atom. The van der Waals surface area contributed by atoms with E-state index in [1.54, 1.807) is 0 Å². The number of carboxylic acids is 1. The number of pyridine rings is 1. The van der Waals surface area contributed by atoms with Crippen LogP contribution in [0, 0.1) is 5.82 Å². The third-order valence-corrected chi connectivity index (χ3v) is 5.39. The van der Waals surface area contributed by atoms with Crippen LogP contribution in [0.2, 0.25) is 0 Å². The lowest BCUT2D eigenvalue weighted by Crippen LogP contribution is -2.17. The summed E-state index contributed by atoms with van der Waals surface area (Å²) in [7, 11) is -3.34. The quantitative estimate of drug-likeness (QED) is 0.576. The molecule has 12 heteroatoms. The fourth-order valence-corrected chi connectivity index (χ4v) is 3.98. The summed E-state index contributed by atoms with van der Waals surface area (Å²) in [5.74, 6) is -3.28. The summed E-state index contributed by atoms with van der Waals surface area (Å²) >= 11 is 0. The molecule has 0 atom stereocenters. The Kier molecular flexibility index (Phi) is 5.69. The van der Waals surface area contributed by atoms with Gasteiger partial charge in [0.05, 0.1) is 23.3 Å². The summed E-state index contributed by atoms with van der Waals surface area (Å²) in [5, 5.41) is 9.35. The number of aromatic nitrogens is 1. The minimum atomic E-state index is -4.44. The summed E-state index contributed by atoms with van der Waals surface area (Å²) in [6, 6.07) is 6.23. The number of anilines is 1. The van der Waals surface area contributed by atoms with Crippen LogP contribution in [-0.4, -0.2) is 38.2 Å². The average Bonchev–Trinajstić information content (AvgIpc) is 2.68. The van der Waals surface area contributed by atoms with Crippen molar-refractivity contribution in [2.45, 2.75) is 11.5 Å². The van der Waals surface area contributed by atoms with Crippen molar-refractivity contribution in [3.63, 3.8) is 0 Å². The number of carbonyl (C=O) groups is 1. The van der Waals surface area contributed by atoms with Crippen LogP contribution in [0.3, 0.4) is 0 Å². The van der Waals surface area contributed by atoms with Crippen LogP contribution in [0.1, 0.15) is 10.4 Å². The van der Waals surface area contributed by atoms with Gasteiger partial charge in [0, 0.05) is 23.7 Å². The van der Waals surface area contributed by atoms with E-state index in [1.807, 2.05) is 0 Å². The number of fused-ring (bicyclic) bond motifs is 1. The Morgan fingerprint density at radius 2 is 1.93 bits per heavy atom. The Balaban J connectivity index is 2.13. The molecule has 1 aromatic heterocycles. The predicted octanol–water partition coefficient (Wildman–Crippen LogP) is 3.48. The number of aromatic carboxylic acids is 1. The number of rotatable bonds is 7. The van der Waals surface area contributed by atoms with Crippen molar-refractivity contribution in [2.24, 2.45) is 0 Å². The maximum Gasteiger partial charge on any atom is 0.387 e. The molecule has 1 heterocycles. The van der Waals surface area contributed by atoms with E-state index in [2.05, 4.69) is 14.4 Å². The van der Waals surface area contributed by atoms with E-state index in [-0.39, 0.29) is 21.5 Å². The van der Waals surface area contributed by atoms with E-state index in [0.29, 0.717) is 6.07 Å². The highest BCUT2D eigenvalue weighted by Gasteiger charge is 2.25. The van der Waals surface area contributed by atoms with Crippen molar-refractivity contribution in [2.75, 3.05) is 11.8 Å². The molecule has 0 unspecified atom stereocenters. The minimum absolute atomic E-state index is 0.0357. The second kappa shape index (κ2) is 8.06. The molecular weight excluding hydrogens is 429 g/mol. The highest BCUT2D eigenvalue weighted by molar-refractivity contribution is 7.93. The molecule has 0 saturated heterocycles. The van der Waals surface area contributed by atoms with Crippen molar-refractivity contribution in [1.29, 1.82) is 0 Å². The maximum atomic E-state index is 14.0. The molecule has 2 N–H and O–H groups in total. The zero-order valence-corrected chi connectivity index (χ0v) is 15.9. The van der Waals surface area contributed by atoms with Crippen LogP contribution in [0.25, 0.3) is 10.9 Å². The summed E-state index contributed by atoms with van der Waals surface area (Å²) < 4.78 is 76.1. The van der Waals surface area contributed by atoms with Crippen LogP contribution < -0.4 is 14.2 Å². The van der Waals surface area contributed by atoms with Gasteiger partial charge in [0.15, 0.2) is 11.5 Å². The monoisotopic (exact) mass is 442 g/mol. The lowest BCUT2D eigenvalue weighted by Gasteiger charge is -2.16. The van der Waals surface area contributed by atoms with Crippen molar-refractivity contribution in [3.8, 4) is 11.5 Å². The van der Waals surface area contributed by atoms with E-state index in [4.69, 9.17) is 4.74 Å². The summed E-state index contributed by atoms with van der Waals surface area (Å²) in [6.07, 6.45) is 1.28. The predicted molar refractivity (Wildman–Crippen MR) is 99.1 cm³/mol. The molecule has 8 nitrogen and oxygen atoms in total. The van der Waals surface area contributed by atoms with Gasteiger partial charge in [-0.15, -0.1) is 0 Å². The van der Waals surface area contributed by atoms with Gasteiger partial charge in [-0.1, -0.05) is 0 Å². The van der Waals surface area contributed by atoms with Crippen molar-refractivity contribution < 1.29 is 41.0 Å². The van der Waals surface area contributed by atoms with Crippen LogP contribution in [0.5, 0.6) is 11.5 Å². The number of alkyl halides is 2. The zero-order chi connectivity index (χ0) is 22.1. The number of hydrogen-bond donors (Lipinski definition) is 2. The van der Waals surface area contributed by atoms with Gasteiger partial charge < -0.3 is 14.6 Å². The number of hydrogen-bond acceptors (Lipinski definition) is 6. The Bertz CT molecular complexity index is 1230. The van der Waals surface area contributed by atoms with Gasteiger partial charge in [-0.3, -0.25) is 9.71 Å². The second-order valence-electron chi connectivity index (χ2n) is 5.78. The molecule has 0 spiro atoms. The number of methoxy groups -OCH3 is 1. The van der Waals surface area contributed by atoms with Gasteiger partial charge in [0.1, 0.15) is 11.3 Å². The maximum absolute atomic E-state index is 14.0. The molecule has 0 fully saturated rings. The number of benzene rings is 2.